The molecule has 7 aromatic carbocycles. The fourth-order valence-electron chi connectivity index (χ4n) is 7.37. The zero-order valence-corrected chi connectivity index (χ0v) is 27.3. The van der Waals surface area contributed by atoms with Gasteiger partial charge >= 0.3 is 0 Å². The molecule has 1 saturated carbocycles. The highest BCUT2D eigenvalue weighted by molar-refractivity contribution is 5.98. The summed E-state index contributed by atoms with van der Waals surface area (Å²) in [5, 5.41) is 2.47. The van der Waals surface area contributed by atoms with Crippen molar-refractivity contribution in [1.29, 1.82) is 0 Å². The summed E-state index contributed by atoms with van der Waals surface area (Å²) in [6.07, 6.45) is 6.64. The molecule has 1 aliphatic rings. The lowest BCUT2D eigenvalue weighted by molar-refractivity contribution is 0.443. The number of rotatable bonds is 8. The smallest absolute Gasteiger partial charge is 0.0546 e. The van der Waals surface area contributed by atoms with Crippen LogP contribution >= 0.6 is 0 Å². The predicted molar refractivity (Wildman–Crippen MR) is 205 cm³/mol. The molecule has 0 amide bonds. The quantitative estimate of drug-likeness (QED) is 0.167. The number of hydrogen-bond acceptors (Lipinski definition) is 2. The molecule has 0 unspecified atom stereocenters. The highest BCUT2D eigenvalue weighted by Crippen LogP contribution is 2.45. The lowest BCUT2D eigenvalue weighted by Crippen LogP contribution is -2.13. The van der Waals surface area contributed by atoms with E-state index < -0.39 is 0 Å². The lowest BCUT2D eigenvalue weighted by Gasteiger charge is -2.30. The normalized spacial score (nSPS) is 13.3. The maximum atomic E-state index is 2.44. The number of para-hydroxylation sites is 2. The first kappa shape index (κ1) is 29.8. The molecule has 7 aromatic rings. The molecule has 0 atom stereocenters. The maximum Gasteiger partial charge on any atom is 0.0546 e. The van der Waals surface area contributed by atoms with Crippen LogP contribution in [-0.4, -0.2) is 0 Å². The van der Waals surface area contributed by atoms with Crippen LogP contribution in [0.3, 0.4) is 0 Å². The van der Waals surface area contributed by atoms with E-state index in [1.807, 2.05) is 0 Å². The molecule has 1 aliphatic carbocycles. The summed E-state index contributed by atoms with van der Waals surface area (Å²) in [6.45, 7) is 0. The van der Waals surface area contributed by atoms with Gasteiger partial charge in [0.05, 0.1) is 5.69 Å². The SMILES string of the molecule is c1ccc(-c2cc3ccccc3cc2N(c2ccc(C3CCCCC3)cc2)c2ccc(N(c3ccccc3)c3ccccc3)cc2)cc1. The second-order valence-corrected chi connectivity index (χ2v) is 12.9. The second kappa shape index (κ2) is 13.6. The van der Waals surface area contributed by atoms with Crippen molar-refractivity contribution in [3.63, 3.8) is 0 Å². The summed E-state index contributed by atoms with van der Waals surface area (Å²) < 4.78 is 0. The summed E-state index contributed by atoms with van der Waals surface area (Å²) in [4.78, 5) is 4.76. The fourth-order valence-corrected chi connectivity index (χ4v) is 7.37. The zero-order valence-electron chi connectivity index (χ0n) is 27.3. The van der Waals surface area contributed by atoms with Gasteiger partial charge in [0, 0.05) is 34.0 Å². The van der Waals surface area contributed by atoms with Crippen molar-refractivity contribution in [2.45, 2.75) is 38.0 Å². The Morgan fingerprint density at radius 1 is 0.375 bits per heavy atom. The van der Waals surface area contributed by atoms with Crippen LogP contribution in [0.2, 0.25) is 0 Å². The minimum absolute atomic E-state index is 0.669. The molecule has 48 heavy (non-hydrogen) atoms. The Morgan fingerprint density at radius 3 is 1.38 bits per heavy atom. The summed E-state index contributed by atoms with van der Waals surface area (Å²) in [6, 6.07) is 63.9. The monoisotopic (exact) mass is 620 g/mol. The van der Waals surface area contributed by atoms with Crippen molar-refractivity contribution in [3.8, 4) is 11.1 Å². The Hall–Kier alpha value is -5.60. The van der Waals surface area contributed by atoms with E-state index in [-0.39, 0.29) is 0 Å². The zero-order chi connectivity index (χ0) is 32.1. The van der Waals surface area contributed by atoms with E-state index in [2.05, 4.69) is 186 Å². The molecule has 0 aromatic heterocycles. The standard InChI is InChI=1S/C46H40N2/c1-5-15-35(16-6-1)36-25-27-43(28-26-36)48(46-34-39-20-14-13-19-38(39)33-45(46)37-17-7-2-8-18-37)44-31-29-42(30-32-44)47(40-21-9-3-10-22-40)41-23-11-4-12-24-41/h2-4,7-14,17-35H,1,5-6,15-16H2. The van der Waals surface area contributed by atoms with Crippen molar-refractivity contribution in [3.05, 3.63) is 181 Å². The lowest BCUT2D eigenvalue weighted by atomic mass is 9.84. The molecule has 1 fully saturated rings. The van der Waals surface area contributed by atoms with Gasteiger partial charge in [-0.15, -0.1) is 0 Å². The van der Waals surface area contributed by atoms with E-state index in [0.717, 1.165) is 28.4 Å². The van der Waals surface area contributed by atoms with Crippen molar-refractivity contribution >= 4 is 44.9 Å². The molecule has 2 heteroatoms. The maximum absolute atomic E-state index is 2.44. The first-order valence-corrected chi connectivity index (χ1v) is 17.3. The van der Waals surface area contributed by atoms with Crippen molar-refractivity contribution in [2.75, 3.05) is 9.80 Å². The first-order chi connectivity index (χ1) is 23.8. The van der Waals surface area contributed by atoms with Gasteiger partial charge in [0.1, 0.15) is 0 Å². The fraction of sp³-hybridized carbons (Fsp3) is 0.130. The first-order valence-electron chi connectivity index (χ1n) is 17.3. The highest BCUT2D eigenvalue weighted by Gasteiger charge is 2.21. The van der Waals surface area contributed by atoms with E-state index in [1.165, 1.54) is 65.3 Å². The van der Waals surface area contributed by atoms with Crippen LogP contribution in [0.4, 0.5) is 34.1 Å². The highest BCUT2D eigenvalue weighted by atomic mass is 15.2. The predicted octanol–water partition coefficient (Wildman–Crippen LogP) is 13.5. The van der Waals surface area contributed by atoms with Crippen LogP contribution in [0.25, 0.3) is 21.9 Å². The number of hydrogen-bond donors (Lipinski definition) is 0. The van der Waals surface area contributed by atoms with E-state index in [1.54, 1.807) is 0 Å². The minimum Gasteiger partial charge on any atom is -0.311 e. The van der Waals surface area contributed by atoms with Crippen LogP contribution in [0, 0.1) is 0 Å². The summed E-state index contributed by atoms with van der Waals surface area (Å²) in [5.41, 5.74) is 10.7. The van der Waals surface area contributed by atoms with E-state index in [0.29, 0.717) is 5.92 Å². The Morgan fingerprint density at radius 2 is 0.812 bits per heavy atom. The molecule has 8 rings (SSSR count). The van der Waals surface area contributed by atoms with Gasteiger partial charge in [0.2, 0.25) is 0 Å². The Labute approximate surface area is 284 Å². The van der Waals surface area contributed by atoms with Crippen molar-refractivity contribution in [2.24, 2.45) is 0 Å². The second-order valence-electron chi connectivity index (χ2n) is 12.9. The number of nitrogens with zero attached hydrogens (tertiary/aromatic N) is 2. The van der Waals surface area contributed by atoms with Crippen LogP contribution in [0.1, 0.15) is 43.6 Å². The molecule has 0 bridgehead atoms. The third-order valence-corrected chi connectivity index (χ3v) is 9.81. The molecular weight excluding hydrogens is 581 g/mol. The summed E-state index contributed by atoms with van der Waals surface area (Å²) in [5.74, 6) is 0.669. The average molecular weight is 621 g/mol. The van der Waals surface area contributed by atoms with E-state index >= 15 is 0 Å². The van der Waals surface area contributed by atoms with Crippen LogP contribution in [0.5, 0.6) is 0 Å². The van der Waals surface area contributed by atoms with Crippen molar-refractivity contribution in [1.82, 2.24) is 0 Å². The van der Waals surface area contributed by atoms with Crippen LogP contribution in [0.15, 0.2) is 176 Å². The van der Waals surface area contributed by atoms with Crippen molar-refractivity contribution < 1.29 is 0 Å². The Balaban J connectivity index is 1.28. The molecule has 0 radical (unpaired) electrons. The molecule has 0 saturated heterocycles. The third kappa shape index (κ3) is 6.10. The molecule has 0 heterocycles. The topological polar surface area (TPSA) is 6.48 Å². The number of benzene rings is 7. The molecule has 234 valence electrons. The summed E-state index contributed by atoms with van der Waals surface area (Å²) in [7, 11) is 0. The molecule has 2 nitrogen and oxygen atoms in total. The van der Waals surface area contributed by atoms with Gasteiger partial charge in [-0.2, -0.15) is 0 Å². The van der Waals surface area contributed by atoms with Crippen LogP contribution < -0.4 is 9.80 Å². The average Bonchev–Trinajstić information content (AvgIpc) is 3.17. The van der Waals surface area contributed by atoms with Gasteiger partial charge in [-0.25, -0.2) is 0 Å². The van der Waals surface area contributed by atoms with Gasteiger partial charge in [0.15, 0.2) is 0 Å². The molecule has 0 spiro atoms. The van der Waals surface area contributed by atoms with Gasteiger partial charge in [0.25, 0.3) is 0 Å². The Bertz CT molecular complexity index is 2040. The van der Waals surface area contributed by atoms with Crippen LogP contribution in [-0.2, 0) is 0 Å². The number of anilines is 6. The Kier molecular flexibility index (Phi) is 8.46. The largest absolute Gasteiger partial charge is 0.311 e. The van der Waals surface area contributed by atoms with E-state index in [9.17, 15) is 0 Å². The summed E-state index contributed by atoms with van der Waals surface area (Å²) >= 11 is 0. The minimum atomic E-state index is 0.669. The molecular formula is C46H40N2. The molecule has 0 N–H and O–H groups in total. The van der Waals surface area contributed by atoms with E-state index in [4.69, 9.17) is 0 Å². The van der Waals surface area contributed by atoms with Gasteiger partial charge in [-0.3, -0.25) is 0 Å². The number of fused-ring (bicyclic) bond motifs is 1. The van der Waals surface area contributed by atoms with Gasteiger partial charge < -0.3 is 9.80 Å². The van der Waals surface area contributed by atoms with Gasteiger partial charge in [-0.1, -0.05) is 122 Å². The van der Waals surface area contributed by atoms with Gasteiger partial charge in [-0.05, 0) is 113 Å². The molecule has 0 aliphatic heterocycles. The third-order valence-electron chi connectivity index (χ3n) is 9.81.